The number of hydrogen-bond acceptors (Lipinski definition) is 3. The Morgan fingerprint density at radius 1 is 1.37 bits per heavy atom. The third-order valence-electron chi connectivity index (χ3n) is 2.74. The van der Waals surface area contributed by atoms with E-state index in [1.165, 1.54) is 0 Å². The van der Waals surface area contributed by atoms with Gasteiger partial charge in [-0.1, -0.05) is 44.2 Å². The lowest BCUT2D eigenvalue weighted by molar-refractivity contribution is 0.254. The quantitative estimate of drug-likeness (QED) is 0.700. The molecule has 2 unspecified atom stereocenters. The average Bonchev–Trinajstić information content (AvgIpc) is 2.36. The van der Waals surface area contributed by atoms with Gasteiger partial charge >= 0.3 is 13.0 Å². The molecule has 4 N–H and O–H groups in total. The summed E-state index contributed by atoms with van der Waals surface area (Å²) in [5, 5.41) is 2.46. The monoisotopic (exact) mass is 284 g/mol. The Morgan fingerprint density at radius 3 is 2.47 bits per heavy atom. The minimum absolute atomic E-state index is 0.164. The maximum absolute atomic E-state index is 12.0. The lowest BCUT2D eigenvalue weighted by Gasteiger charge is -2.20. The van der Waals surface area contributed by atoms with Gasteiger partial charge in [0.05, 0.1) is 5.78 Å². The summed E-state index contributed by atoms with van der Waals surface area (Å²) in [5.41, 5.74) is 5.65. The van der Waals surface area contributed by atoms with Crippen LogP contribution in [-0.2, 0) is 11.1 Å². The van der Waals surface area contributed by atoms with Crippen LogP contribution < -0.4 is 11.1 Å². The highest BCUT2D eigenvalue weighted by Gasteiger charge is 2.36. The van der Waals surface area contributed by atoms with Gasteiger partial charge in [0.1, 0.15) is 0 Å². The second kappa shape index (κ2) is 6.85. The van der Waals surface area contributed by atoms with Gasteiger partial charge in [0, 0.05) is 6.54 Å². The van der Waals surface area contributed by atoms with Crippen molar-refractivity contribution in [3.63, 3.8) is 0 Å². The van der Waals surface area contributed by atoms with Crippen molar-refractivity contribution < 1.29 is 14.3 Å². The second-order valence-electron chi connectivity index (χ2n) is 4.96. The highest BCUT2D eigenvalue weighted by molar-refractivity contribution is 7.75. The lowest BCUT2D eigenvalue weighted by Crippen LogP contribution is -2.31. The van der Waals surface area contributed by atoms with Crippen molar-refractivity contribution in [1.29, 1.82) is 0 Å². The third-order valence-corrected chi connectivity index (χ3v) is 4.59. The largest absolute Gasteiger partial charge is 0.344 e. The first-order valence-corrected chi connectivity index (χ1v) is 7.97. The number of nitrogens with two attached hydrogens (primary N) is 1. The van der Waals surface area contributed by atoms with Crippen LogP contribution in [0.25, 0.3) is 0 Å². The van der Waals surface area contributed by atoms with E-state index >= 15 is 0 Å². The van der Waals surface area contributed by atoms with E-state index in [1.54, 1.807) is 0 Å². The van der Waals surface area contributed by atoms with Crippen molar-refractivity contribution in [3.8, 4) is 0 Å². The van der Waals surface area contributed by atoms with E-state index in [0.29, 0.717) is 6.42 Å². The van der Waals surface area contributed by atoms with Crippen molar-refractivity contribution in [2.45, 2.75) is 32.6 Å². The second-order valence-corrected chi connectivity index (χ2v) is 7.28. The first-order chi connectivity index (χ1) is 8.84. The van der Waals surface area contributed by atoms with E-state index in [-0.39, 0.29) is 12.5 Å². The molecular weight excluding hydrogens is 263 g/mol. The molecule has 1 rings (SSSR count). The average molecular weight is 284 g/mol. The Bertz CT molecular complexity index is 462. The van der Waals surface area contributed by atoms with E-state index in [4.69, 9.17) is 5.73 Å². The van der Waals surface area contributed by atoms with Gasteiger partial charge in [0.2, 0.25) is 0 Å². The third kappa shape index (κ3) is 4.78. The molecule has 0 aromatic heterocycles. The fourth-order valence-electron chi connectivity index (χ4n) is 1.66. The van der Waals surface area contributed by atoms with E-state index in [0.717, 1.165) is 5.56 Å². The molecule has 5 nitrogen and oxygen atoms in total. The van der Waals surface area contributed by atoms with E-state index < -0.39 is 18.8 Å². The van der Waals surface area contributed by atoms with Gasteiger partial charge in [-0.15, -0.1) is 0 Å². The Labute approximate surface area is 113 Å². The summed E-state index contributed by atoms with van der Waals surface area (Å²) in [7, 11) is -4.04. The van der Waals surface area contributed by atoms with Crippen LogP contribution in [-0.4, -0.2) is 16.3 Å². The molecule has 2 atom stereocenters. The van der Waals surface area contributed by atoms with E-state index in [9.17, 15) is 14.3 Å². The molecule has 1 aromatic rings. The molecule has 106 valence electrons. The van der Waals surface area contributed by atoms with Crippen LogP contribution in [0.1, 0.15) is 25.8 Å². The highest BCUT2D eigenvalue weighted by Crippen LogP contribution is 2.46. The van der Waals surface area contributed by atoms with Crippen LogP contribution >= 0.6 is 7.37 Å². The Balaban J connectivity index is 2.59. The fraction of sp³-hybridized carbons (Fsp3) is 0.462. The number of carbonyl (C=O) groups excluding carboxylic acids is 1. The summed E-state index contributed by atoms with van der Waals surface area (Å²) in [5.74, 6) is -0.847. The Kier molecular flexibility index (Phi) is 5.73. The SMILES string of the molecule is CC(C)CC(N)P(=O)(O)C(=O)NCc1ccccc1. The molecule has 0 saturated carbocycles. The number of nitrogens with one attached hydrogen (secondary N) is 1. The molecule has 19 heavy (non-hydrogen) atoms. The number of amides is 1. The molecule has 0 aliphatic rings. The number of carbonyl (C=O) groups is 1. The summed E-state index contributed by atoms with van der Waals surface area (Å²) in [4.78, 5) is 21.6. The smallest absolute Gasteiger partial charge is 0.307 e. The molecular formula is C13H21N2O3P. The minimum Gasteiger partial charge on any atom is -0.344 e. The normalized spacial score (nSPS) is 15.8. The van der Waals surface area contributed by atoms with Crippen molar-refractivity contribution in [3.05, 3.63) is 35.9 Å². The molecule has 1 amide bonds. The van der Waals surface area contributed by atoms with Crippen LogP contribution in [0, 0.1) is 5.92 Å². The van der Waals surface area contributed by atoms with Gasteiger partial charge in [0.15, 0.2) is 0 Å². The molecule has 6 heteroatoms. The zero-order chi connectivity index (χ0) is 14.5. The maximum atomic E-state index is 12.0. The molecule has 0 heterocycles. The number of hydrogen-bond donors (Lipinski definition) is 3. The van der Waals surface area contributed by atoms with Crippen LogP contribution in [0.3, 0.4) is 0 Å². The van der Waals surface area contributed by atoms with Gasteiger partial charge in [-0.05, 0) is 17.9 Å². The van der Waals surface area contributed by atoms with Crippen molar-refractivity contribution in [2.24, 2.45) is 11.7 Å². The van der Waals surface area contributed by atoms with Crippen LogP contribution in [0.15, 0.2) is 30.3 Å². The molecule has 1 aromatic carbocycles. The van der Waals surface area contributed by atoms with Crippen molar-refractivity contribution in [2.75, 3.05) is 0 Å². The first-order valence-electron chi connectivity index (χ1n) is 6.24. The molecule has 0 radical (unpaired) electrons. The number of benzene rings is 1. The topological polar surface area (TPSA) is 92.4 Å². The van der Waals surface area contributed by atoms with Crippen molar-refractivity contribution in [1.82, 2.24) is 5.32 Å². The van der Waals surface area contributed by atoms with Crippen LogP contribution in [0.5, 0.6) is 0 Å². The zero-order valence-corrected chi connectivity index (χ0v) is 12.1. The van der Waals surface area contributed by atoms with Gasteiger partial charge in [-0.3, -0.25) is 9.36 Å². The summed E-state index contributed by atoms with van der Waals surface area (Å²) in [6.07, 6.45) is 0.340. The summed E-state index contributed by atoms with van der Waals surface area (Å²) < 4.78 is 12.0. The Hall–Kier alpha value is -1.16. The standard InChI is InChI=1S/C13H21N2O3P/c1-10(2)8-12(14)19(17,18)13(16)15-9-11-6-4-3-5-7-11/h3-7,10,12H,8-9,14H2,1-2H3,(H,15,16)(H,17,18). The molecule has 0 bridgehead atoms. The van der Waals surface area contributed by atoms with Crippen LogP contribution in [0.2, 0.25) is 0 Å². The summed E-state index contributed by atoms with van der Waals surface area (Å²) >= 11 is 0. The van der Waals surface area contributed by atoms with E-state index in [1.807, 2.05) is 44.2 Å². The zero-order valence-electron chi connectivity index (χ0n) is 11.2. The van der Waals surface area contributed by atoms with Gasteiger partial charge in [-0.2, -0.15) is 0 Å². The predicted molar refractivity (Wildman–Crippen MR) is 75.9 cm³/mol. The molecule has 0 aliphatic heterocycles. The number of rotatable bonds is 6. The van der Waals surface area contributed by atoms with Gasteiger partial charge < -0.3 is 15.9 Å². The molecule has 0 aliphatic carbocycles. The molecule has 0 saturated heterocycles. The van der Waals surface area contributed by atoms with E-state index in [2.05, 4.69) is 5.32 Å². The summed E-state index contributed by atoms with van der Waals surface area (Å²) in [6.45, 7) is 4.00. The predicted octanol–water partition coefficient (Wildman–Crippen LogP) is 2.50. The fourth-order valence-corrected chi connectivity index (χ4v) is 2.98. The summed E-state index contributed by atoms with van der Waals surface area (Å²) in [6, 6.07) is 9.20. The van der Waals surface area contributed by atoms with Gasteiger partial charge in [-0.25, -0.2) is 0 Å². The molecule has 0 spiro atoms. The first kappa shape index (κ1) is 15.9. The van der Waals surface area contributed by atoms with Crippen molar-refractivity contribution >= 4 is 13.0 Å². The van der Waals surface area contributed by atoms with Crippen LogP contribution in [0.4, 0.5) is 4.79 Å². The highest BCUT2D eigenvalue weighted by atomic mass is 31.2. The van der Waals surface area contributed by atoms with Gasteiger partial charge in [0.25, 0.3) is 0 Å². The minimum atomic E-state index is -4.04. The molecule has 0 fully saturated rings. The maximum Gasteiger partial charge on any atom is 0.307 e. The lowest BCUT2D eigenvalue weighted by atomic mass is 10.1. The Morgan fingerprint density at radius 2 is 1.95 bits per heavy atom.